The van der Waals surface area contributed by atoms with E-state index in [-0.39, 0.29) is 17.1 Å². The molecule has 1 aromatic rings. The molecule has 21 heavy (non-hydrogen) atoms. The van der Waals surface area contributed by atoms with Crippen LogP contribution in [0.15, 0.2) is 23.1 Å². The Hall–Kier alpha value is -1.81. The Balaban J connectivity index is 2.10. The number of hydrogen-bond donors (Lipinski definition) is 3. The van der Waals surface area contributed by atoms with Crippen molar-refractivity contribution < 1.29 is 26.4 Å². The van der Waals surface area contributed by atoms with E-state index in [2.05, 4.69) is 10.0 Å². The SMILES string of the molecule is CC(NC(=O)Nc1ccc2c(c1)S(=O)(=O)NC2)C(F)(F)F. The molecule has 0 radical (unpaired) electrons. The third-order valence-electron chi connectivity index (χ3n) is 2.91. The average Bonchev–Trinajstić information content (AvgIpc) is 2.64. The van der Waals surface area contributed by atoms with Crippen molar-refractivity contribution in [2.45, 2.75) is 30.6 Å². The van der Waals surface area contributed by atoms with Crippen LogP contribution in [0, 0.1) is 0 Å². The Kier molecular flexibility index (Phi) is 3.85. The first-order chi connectivity index (χ1) is 9.59. The van der Waals surface area contributed by atoms with Crippen LogP contribution < -0.4 is 15.4 Å². The van der Waals surface area contributed by atoms with Gasteiger partial charge < -0.3 is 10.6 Å². The fraction of sp³-hybridized carbons (Fsp3) is 0.364. The molecule has 0 bridgehead atoms. The van der Waals surface area contributed by atoms with Gasteiger partial charge in [0.15, 0.2) is 0 Å². The summed E-state index contributed by atoms with van der Waals surface area (Å²) in [5.74, 6) is 0. The first-order valence-electron chi connectivity index (χ1n) is 5.86. The largest absolute Gasteiger partial charge is 0.408 e. The van der Waals surface area contributed by atoms with Crippen LogP contribution in [0.25, 0.3) is 0 Å². The lowest BCUT2D eigenvalue weighted by molar-refractivity contribution is -0.148. The van der Waals surface area contributed by atoms with Gasteiger partial charge in [-0.3, -0.25) is 0 Å². The van der Waals surface area contributed by atoms with E-state index in [4.69, 9.17) is 0 Å². The maximum Gasteiger partial charge on any atom is 0.408 e. The standard InChI is InChI=1S/C11H12F3N3O3S/c1-6(11(12,13)14)16-10(18)17-8-3-2-7-5-15-21(19,20)9(7)4-8/h2-4,6,15H,5H2,1H3,(H2,16,17,18). The molecular weight excluding hydrogens is 311 g/mol. The second kappa shape index (κ2) is 5.19. The Morgan fingerprint density at radius 1 is 1.38 bits per heavy atom. The zero-order valence-corrected chi connectivity index (χ0v) is 11.6. The maximum atomic E-state index is 12.3. The summed E-state index contributed by atoms with van der Waals surface area (Å²) < 4.78 is 62.4. The lowest BCUT2D eigenvalue weighted by atomic mass is 10.2. The van der Waals surface area contributed by atoms with Crippen LogP contribution in [0.5, 0.6) is 0 Å². The van der Waals surface area contributed by atoms with Crippen LogP contribution >= 0.6 is 0 Å². The fourth-order valence-electron chi connectivity index (χ4n) is 1.72. The Labute approximate surface area is 118 Å². The number of hydrogen-bond acceptors (Lipinski definition) is 3. The number of sulfonamides is 1. The van der Waals surface area contributed by atoms with Crippen LogP contribution in [-0.2, 0) is 16.6 Å². The second-order valence-corrected chi connectivity index (χ2v) is 6.24. The van der Waals surface area contributed by atoms with Crippen molar-refractivity contribution in [3.63, 3.8) is 0 Å². The highest BCUT2D eigenvalue weighted by Crippen LogP contribution is 2.25. The number of alkyl halides is 3. The van der Waals surface area contributed by atoms with Gasteiger partial charge in [0.1, 0.15) is 6.04 Å². The zero-order valence-electron chi connectivity index (χ0n) is 10.8. The van der Waals surface area contributed by atoms with Gasteiger partial charge >= 0.3 is 12.2 Å². The van der Waals surface area contributed by atoms with Gasteiger partial charge in [-0.15, -0.1) is 0 Å². The third-order valence-corrected chi connectivity index (χ3v) is 4.39. The molecule has 2 amide bonds. The lowest BCUT2D eigenvalue weighted by Crippen LogP contribution is -2.44. The number of fused-ring (bicyclic) bond motifs is 1. The van der Waals surface area contributed by atoms with Gasteiger partial charge in [-0.2, -0.15) is 13.2 Å². The molecule has 0 spiro atoms. The maximum absolute atomic E-state index is 12.3. The van der Waals surface area contributed by atoms with E-state index in [0.29, 0.717) is 5.56 Å². The van der Waals surface area contributed by atoms with Gasteiger partial charge in [-0.1, -0.05) is 6.07 Å². The summed E-state index contributed by atoms with van der Waals surface area (Å²) in [6, 6.07) is 1.01. The summed E-state index contributed by atoms with van der Waals surface area (Å²) in [6.45, 7) is 0.950. The predicted molar refractivity (Wildman–Crippen MR) is 68.1 cm³/mol. The number of urea groups is 1. The first kappa shape index (κ1) is 15.6. The summed E-state index contributed by atoms with van der Waals surface area (Å²) in [7, 11) is -3.61. The zero-order chi connectivity index (χ0) is 15.8. The smallest absolute Gasteiger partial charge is 0.326 e. The first-order valence-corrected chi connectivity index (χ1v) is 7.35. The van der Waals surface area contributed by atoms with Crippen molar-refractivity contribution in [3.8, 4) is 0 Å². The number of anilines is 1. The monoisotopic (exact) mass is 323 g/mol. The van der Waals surface area contributed by atoms with Crippen molar-refractivity contribution in [2.24, 2.45) is 0 Å². The summed E-state index contributed by atoms with van der Waals surface area (Å²) in [4.78, 5) is 11.4. The molecule has 0 fully saturated rings. The number of carbonyl (C=O) groups is 1. The highest BCUT2D eigenvalue weighted by molar-refractivity contribution is 7.89. The van der Waals surface area contributed by atoms with Crippen molar-refractivity contribution >= 4 is 21.7 Å². The van der Waals surface area contributed by atoms with Gasteiger partial charge in [0.05, 0.1) is 4.90 Å². The minimum absolute atomic E-state index is 0.00386. The molecule has 0 saturated heterocycles. The van der Waals surface area contributed by atoms with E-state index in [1.54, 1.807) is 5.32 Å². The summed E-state index contributed by atoms with van der Waals surface area (Å²) in [5.41, 5.74) is 0.623. The van der Waals surface area contributed by atoms with Crippen molar-refractivity contribution in [1.82, 2.24) is 10.0 Å². The van der Waals surface area contributed by atoms with Crippen molar-refractivity contribution in [2.75, 3.05) is 5.32 Å². The van der Waals surface area contributed by atoms with Gasteiger partial charge in [0.2, 0.25) is 10.0 Å². The Morgan fingerprint density at radius 2 is 2.05 bits per heavy atom. The van der Waals surface area contributed by atoms with Crippen LogP contribution in [-0.4, -0.2) is 26.7 Å². The van der Waals surface area contributed by atoms with Gasteiger partial charge in [-0.05, 0) is 24.6 Å². The predicted octanol–water partition coefficient (Wildman–Crippen LogP) is 1.55. The Morgan fingerprint density at radius 3 is 2.67 bits per heavy atom. The molecule has 3 N–H and O–H groups in total. The van der Waals surface area contributed by atoms with Gasteiger partial charge in [-0.25, -0.2) is 17.9 Å². The molecule has 2 rings (SSSR count). The second-order valence-electron chi connectivity index (χ2n) is 4.51. The topological polar surface area (TPSA) is 87.3 Å². The van der Waals surface area contributed by atoms with E-state index >= 15 is 0 Å². The molecule has 1 atom stereocenters. The van der Waals surface area contributed by atoms with E-state index in [1.165, 1.54) is 18.2 Å². The molecule has 1 unspecified atom stereocenters. The molecule has 1 heterocycles. The van der Waals surface area contributed by atoms with Crippen LogP contribution in [0.2, 0.25) is 0 Å². The van der Waals surface area contributed by atoms with Gasteiger partial charge in [0.25, 0.3) is 0 Å². The highest BCUT2D eigenvalue weighted by atomic mass is 32.2. The van der Waals surface area contributed by atoms with Gasteiger partial charge in [0, 0.05) is 12.2 Å². The molecule has 6 nitrogen and oxygen atoms in total. The number of halogens is 3. The number of carbonyl (C=O) groups excluding carboxylic acids is 1. The number of nitrogens with one attached hydrogen (secondary N) is 3. The molecule has 116 valence electrons. The molecule has 0 aromatic heterocycles. The van der Waals surface area contributed by atoms with E-state index in [0.717, 1.165) is 6.92 Å². The van der Waals surface area contributed by atoms with Crippen LogP contribution in [0.4, 0.5) is 23.7 Å². The molecular formula is C11H12F3N3O3S. The number of amides is 2. The molecule has 10 heteroatoms. The van der Waals surface area contributed by atoms with Crippen molar-refractivity contribution in [3.05, 3.63) is 23.8 Å². The summed E-state index contributed by atoms with van der Waals surface area (Å²) >= 11 is 0. The molecule has 1 aliphatic rings. The van der Waals surface area contributed by atoms with E-state index in [9.17, 15) is 26.4 Å². The van der Waals surface area contributed by atoms with E-state index < -0.39 is 28.3 Å². The number of benzene rings is 1. The third kappa shape index (κ3) is 3.45. The normalized spacial score (nSPS) is 17.9. The van der Waals surface area contributed by atoms with Crippen LogP contribution in [0.3, 0.4) is 0 Å². The summed E-state index contributed by atoms with van der Waals surface area (Å²) in [5, 5.41) is 3.89. The highest BCUT2D eigenvalue weighted by Gasteiger charge is 2.37. The van der Waals surface area contributed by atoms with Crippen LogP contribution in [0.1, 0.15) is 12.5 Å². The number of rotatable bonds is 2. The lowest BCUT2D eigenvalue weighted by Gasteiger charge is -2.17. The quantitative estimate of drug-likeness (QED) is 0.772. The minimum Gasteiger partial charge on any atom is -0.326 e. The molecule has 1 aliphatic heterocycles. The molecule has 1 aromatic carbocycles. The van der Waals surface area contributed by atoms with Crippen molar-refractivity contribution in [1.29, 1.82) is 0 Å². The average molecular weight is 323 g/mol. The minimum atomic E-state index is -4.55. The Bertz CT molecular complexity index is 673. The summed E-state index contributed by atoms with van der Waals surface area (Å²) in [6.07, 6.45) is -4.55. The molecule has 0 saturated carbocycles. The van der Waals surface area contributed by atoms with E-state index in [1.807, 2.05) is 0 Å². The molecule has 0 aliphatic carbocycles. The fourth-order valence-corrected chi connectivity index (χ4v) is 2.99.